The molecule has 0 aliphatic carbocycles. The number of nitrogens with one attached hydrogen (secondary N) is 1. The Bertz CT molecular complexity index is 1310. The third kappa shape index (κ3) is 6.03. The van der Waals surface area contributed by atoms with Gasteiger partial charge in [0.15, 0.2) is 0 Å². The van der Waals surface area contributed by atoms with Crippen LogP contribution in [0.4, 0.5) is 13.2 Å². The number of phenolic OH excluding ortho intramolecular Hbond substituents is 1. The molecule has 1 aliphatic rings. The van der Waals surface area contributed by atoms with Crippen molar-refractivity contribution in [3.63, 3.8) is 0 Å². The summed E-state index contributed by atoms with van der Waals surface area (Å²) in [5.41, 5.74) is -0.921. The van der Waals surface area contributed by atoms with Crippen LogP contribution in [0.1, 0.15) is 18.4 Å². The van der Waals surface area contributed by atoms with Gasteiger partial charge < -0.3 is 15.2 Å². The molecule has 1 unspecified atom stereocenters. The SMILES string of the molecule is O=c1[nH]c2ccc(C(F)(F)F)cc2c(-c2cc(Cl)ccc2O)c1SCC(O)CCN1CC=CCC1. The van der Waals surface area contributed by atoms with Crippen molar-refractivity contribution in [2.75, 3.05) is 25.4 Å². The van der Waals surface area contributed by atoms with Crippen LogP contribution >= 0.6 is 23.4 Å². The normalized spacial score (nSPS) is 15.6. The lowest BCUT2D eigenvalue weighted by Gasteiger charge is -2.24. The zero-order valence-corrected chi connectivity index (χ0v) is 20.2. The Morgan fingerprint density at radius 3 is 2.69 bits per heavy atom. The van der Waals surface area contributed by atoms with Crippen LogP contribution in [0.2, 0.25) is 5.02 Å². The number of benzene rings is 2. The van der Waals surface area contributed by atoms with Crippen LogP contribution in [-0.2, 0) is 6.18 Å². The van der Waals surface area contributed by atoms with Crippen LogP contribution in [0.3, 0.4) is 0 Å². The van der Waals surface area contributed by atoms with Crippen LogP contribution in [-0.4, -0.2) is 51.6 Å². The Kier molecular flexibility index (Phi) is 7.80. The summed E-state index contributed by atoms with van der Waals surface area (Å²) in [6, 6.07) is 7.23. The van der Waals surface area contributed by atoms with E-state index in [-0.39, 0.29) is 43.5 Å². The number of rotatable bonds is 7. The van der Waals surface area contributed by atoms with Gasteiger partial charge in [-0.3, -0.25) is 9.69 Å². The summed E-state index contributed by atoms with van der Waals surface area (Å²) in [6.07, 6.45) is 0.324. The van der Waals surface area contributed by atoms with Gasteiger partial charge in [0.1, 0.15) is 5.75 Å². The monoisotopic (exact) mass is 524 g/mol. The first kappa shape index (κ1) is 25.6. The molecule has 0 fully saturated rings. The molecule has 10 heteroatoms. The molecule has 3 aromatic rings. The van der Waals surface area contributed by atoms with E-state index in [1.807, 2.05) is 0 Å². The van der Waals surface area contributed by atoms with E-state index in [0.717, 1.165) is 43.4 Å². The maximum Gasteiger partial charge on any atom is 0.416 e. The number of fused-ring (bicyclic) bond motifs is 1. The fourth-order valence-corrected chi connectivity index (χ4v) is 5.30. The zero-order valence-electron chi connectivity index (χ0n) is 18.6. The average molecular weight is 525 g/mol. The number of hydrogen-bond acceptors (Lipinski definition) is 5. The van der Waals surface area contributed by atoms with Gasteiger partial charge in [-0.15, -0.1) is 11.8 Å². The smallest absolute Gasteiger partial charge is 0.416 e. The number of aromatic amines is 1. The van der Waals surface area contributed by atoms with Gasteiger partial charge >= 0.3 is 6.18 Å². The highest BCUT2D eigenvalue weighted by Gasteiger charge is 2.31. The molecule has 186 valence electrons. The number of hydrogen-bond donors (Lipinski definition) is 3. The molecule has 35 heavy (non-hydrogen) atoms. The number of aromatic hydroxyl groups is 1. The minimum absolute atomic E-state index is 0.106. The van der Waals surface area contributed by atoms with Crippen molar-refractivity contribution in [3.05, 3.63) is 69.5 Å². The summed E-state index contributed by atoms with van der Waals surface area (Å²) >= 11 is 7.17. The number of aliphatic hydroxyl groups excluding tert-OH is 1. The molecule has 0 amide bonds. The molecule has 1 aliphatic heterocycles. The molecule has 0 saturated carbocycles. The van der Waals surface area contributed by atoms with Crippen molar-refractivity contribution in [2.45, 2.75) is 30.0 Å². The first-order valence-electron chi connectivity index (χ1n) is 11.1. The summed E-state index contributed by atoms with van der Waals surface area (Å²) < 4.78 is 40.4. The Balaban J connectivity index is 1.72. The molecule has 0 bridgehead atoms. The molecular formula is C25H24ClF3N2O3S. The van der Waals surface area contributed by atoms with Crippen LogP contribution < -0.4 is 5.56 Å². The van der Waals surface area contributed by atoms with Crippen molar-refractivity contribution >= 4 is 34.3 Å². The van der Waals surface area contributed by atoms with E-state index in [1.54, 1.807) is 0 Å². The van der Waals surface area contributed by atoms with Crippen molar-refractivity contribution in [3.8, 4) is 16.9 Å². The Labute approximate surface area is 209 Å². The molecule has 2 heterocycles. The predicted octanol–water partition coefficient (Wildman–Crippen LogP) is 5.68. The van der Waals surface area contributed by atoms with Gasteiger partial charge in [0.2, 0.25) is 0 Å². The standard InChI is InChI=1S/C25H24ClF3N2O3S/c26-16-5-7-21(33)19(13-16)22-18-12-15(25(27,28)29)4-6-20(18)30-24(34)23(22)35-14-17(32)8-11-31-9-2-1-3-10-31/h1-2,4-7,12-13,17,32-33H,3,8-11,14H2,(H,30,34). The van der Waals surface area contributed by atoms with Gasteiger partial charge in [0.25, 0.3) is 5.56 Å². The number of H-pyrrole nitrogens is 1. The lowest BCUT2D eigenvalue weighted by atomic mass is 9.98. The number of halogens is 4. The van der Waals surface area contributed by atoms with E-state index in [2.05, 4.69) is 22.0 Å². The van der Waals surface area contributed by atoms with Gasteiger partial charge in [-0.25, -0.2) is 0 Å². The van der Waals surface area contributed by atoms with E-state index in [1.165, 1.54) is 24.3 Å². The molecule has 1 atom stereocenters. The number of thioether (sulfide) groups is 1. The topological polar surface area (TPSA) is 76.6 Å². The summed E-state index contributed by atoms with van der Waals surface area (Å²) in [6.45, 7) is 2.43. The van der Waals surface area contributed by atoms with Crippen LogP contribution in [0.5, 0.6) is 5.75 Å². The first-order chi connectivity index (χ1) is 16.6. The third-order valence-corrected chi connectivity index (χ3v) is 7.33. The Morgan fingerprint density at radius 1 is 1.17 bits per heavy atom. The van der Waals surface area contributed by atoms with Crippen LogP contribution in [0, 0.1) is 0 Å². The summed E-state index contributed by atoms with van der Waals surface area (Å²) in [7, 11) is 0. The van der Waals surface area contributed by atoms with Crippen molar-refractivity contribution in [2.24, 2.45) is 0 Å². The highest BCUT2D eigenvalue weighted by molar-refractivity contribution is 7.99. The molecule has 4 rings (SSSR count). The quantitative estimate of drug-likeness (QED) is 0.274. The second kappa shape index (κ2) is 10.7. The van der Waals surface area contributed by atoms with Gasteiger partial charge in [0, 0.05) is 52.4 Å². The summed E-state index contributed by atoms with van der Waals surface area (Å²) in [5, 5.41) is 21.5. The molecule has 5 nitrogen and oxygen atoms in total. The molecule has 0 radical (unpaired) electrons. The molecular weight excluding hydrogens is 501 g/mol. The average Bonchev–Trinajstić information content (AvgIpc) is 2.82. The van der Waals surface area contributed by atoms with E-state index in [0.29, 0.717) is 13.0 Å². The van der Waals surface area contributed by atoms with Gasteiger partial charge in [-0.2, -0.15) is 13.2 Å². The number of aliphatic hydroxyl groups is 1. The third-order valence-electron chi connectivity index (χ3n) is 5.87. The zero-order chi connectivity index (χ0) is 25.2. The van der Waals surface area contributed by atoms with Crippen LogP contribution in [0.15, 0.2) is 58.2 Å². The maximum absolute atomic E-state index is 13.5. The van der Waals surface area contributed by atoms with E-state index in [4.69, 9.17) is 11.6 Å². The summed E-state index contributed by atoms with van der Waals surface area (Å²) in [5.74, 6) is -0.0646. The summed E-state index contributed by atoms with van der Waals surface area (Å²) in [4.78, 5) is 18.0. The predicted molar refractivity (Wildman–Crippen MR) is 133 cm³/mol. The molecule has 1 aromatic heterocycles. The van der Waals surface area contributed by atoms with Gasteiger partial charge in [-0.05, 0) is 49.2 Å². The van der Waals surface area contributed by atoms with Crippen molar-refractivity contribution in [1.29, 1.82) is 0 Å². The number of alkyl halides is 3. The fraction of sp³-hybridized carbons (Fsp3) is 0.320. The highest BCUT2D eigenvalue weighted by Crippen LogP contribution is 2.42. The second-order valence-corrected chi connectivity index (χ2v) is 9.86. The number of phenols is 1. The Hall–Kier alpha value is -2.46. The molecule has 0 spiro atoms. The van der Waals surface area contributed by atoms with Crippen molar-refractivity contribution < 1.29 is 23.4 Å². The second-order valence-electron chi connectivity index (χ2n) is 8.39. The number of pyridine rings is 1. The minimum atomic E-state index is -4.59. The largest absolute Gasteiger partial charge is 0.507 e. The Morgan fingerprint density at radius 2 is 1.97 bits per heavy atom. The lowest BCUT2D eigenvalue weighted by Crippen LogP contribution is -2.30. The first-order valence-corrected chi connectivity index (χ1v) is 12.4. The lowest BCUT2D eigenvalue weighted by molar-refractivity contribution is -0.137. The van der Waals surface area contributed by atoms with Gasteiger partial charge in [-0.1, -0.05) is 23.8 Å². The van der Waals surface area contributed by atoms with Crippen molar-refractivity contribution in [1.82, 2.24) is 9.88 Å². The minimum Gasteiger partial charge on any atom is -0.507 e. The highest BCUT2D eigenvalue weighted by atomic mass is 35.5. The molecule has 2 aromatic carbocycles. The molecule has 3 N–H and O–H groups in total. The van der Waals surface area contributed by atoms with E-state index >= 15 is 0 Å². The number of aromatic nitrogens is 1. The van der Waals surface area contributed by atoms with Gasteiger partial charge in [0.05, 0.1) is 16.6 Å². The van der Waals surface area contributed by atoms with E-state index in [9.17, 15) is 28.2 Å². The fourth-order valence-electron chi connectivity index (χ4n) is 4.05. The maximum atomic E-state index is 13.5. The molecule has 0 saturated heterocycles. The van der Waals surface area contributed by atoms with E-state index < -0.39 is 23.4 Å². The number of nitrogens with zero attached hydrogens (tertiary/aromatic N) is 1. The van der Waals surface area contributed by atoms with Crippen LogP contribution in [0.25, 0.3) is 22.0 Å².